The minimum absolute atomic E-state index is 0.0952. The largest absolute Gasteiger partial charge is 0.497 e. The van der Waals surface area contributed by atoms with E-state index < -0.39 is 5.97 Å². The zero-order valence-corrected chi connectivity index (χ0v) is 16.6. The van der Waals surface area contributed by atoms with E-state index >= 15 is 0 Å². The molecule has 0 saturated heterocycles. The van der Waals surface area contributed by atoms with E-state index in [2.05, 4.69) is 25.3 Å². The Morgan fingerprint density at radius 3 is 2.63 bits per heavy atom. The van der Waals surface area contributed by atoms with E-state index in [1.54, 1.807) is 36.8 Å². The van der Waals surface area contributed by atoms with Gasteiger partial charge in [-0.15, -0.1) is 0 Å². The second kappa shape index (κ2) is 7.66. The van der Waals surface area contributed by atoms with Crippen LogP contribution in [0, 0.1) is 6.92 Å². The molecule has 0 amide bonds. The number of ether oxygens (including phenoxy) is 2. The normalized spacial score (nSPS) is 10.8. The number of nitrogens with two attached hydrogens (primary N) is 1. The number of hydrogen-bond acceptors (Lipinski definition) is 9. The van der Waals surface area contributed by atoms with Crippen LogP contribution >= 0.6 is 0 Å². The first-order chi connectivity index (χ1) is 14.5. The molecule has 0 saturated carbocycles. The molecule has 3 N–H and O–H groups in total. The van der Waals surface area contributed by atoms with Gasteiger partial charge in [0.05, 0.1) is 30.8 Å². The van der Waals surface area contributed by atoms with Crippen LogP contribution < -0.4 is 15.8 Å². The van der Waals surface area contributed by atoms with E-state index in [-0.39, 0.29) is 5.95 Å². The molecule has 2 aromatic carbocycles. The maximum atomic E-state index is 11.9. The van der Waals surface area contributed by atoms with Crippen molar-refractivity contribution in [2.75, 3.05) is 25.3 Å². The number of aryl methyl sites for hydroxylation is 1. The number of nitrogen functional groups attached to an aromatic ring is 1. The number of aromatic nitrogens is 5. The van der Waals surface area contributed by atoms with E-state index in [1.807, 2.05) is 24.3 Å². The van der Waals surface area contributed by atoms with Gasteiger partial charge >= 0.3 is 5.97 Å². The Morgan fingerprint density at radius 1 is 1.07 bits per heavy atom. The monoisotopic (exact) mass is 405 g/mol. The maximum Gasteiger partial charge on any atom is 0.337 e. The second-order valence-electron chi connectivity index (χ2n) is 6.36. The third-order valence-electron chi connectivity index (χ3n) is 4.35. The van der Waals surface area contributed by atoms with Gasteiger partial charge in [-0.2, -0.15) is 15.0 Å². The van der Waals surface area contributed by atoms with Crippen molar-refractivity contribution >= 4 is 34.6 Å². The van der Waals surface area contributed by atoms with Gasteiger partial charge in [0.15, 0.2) is 0 Å². The first-order valence-corrected chi connectivity index (χ1v) is 8.99. The SMILES string of the molecule is COC(=O)c1ccc2c(c1)nc(Nc1cccc(OC)c1)n2-c1nc(C)nc(N)n1. The highest BCUT2D eigenvalue weighted by atomic mass is 16.5. The van der Waals surface area contributed by atoms with Crippen LogP contribution in [0.2, 0.25) is 0 Å². The number of esters is 1. The molecule has 0 aliphatic heterocycles. The van der Waals surface area contributed by atoms with Gasteiger partial charge in [0.2, 0.25) is 17.8 Å². The summed E-state index contributed by atoms with van der Waals surface area (Å²) in [5.74, 6) is 1.55. The standard InChI is InChI=1S/C20H19N7O3/c1-11-22-18(21)26-19(23-11)27-16-8-7-12(17(28)30-3)9-15(16)25-20(27)24-13-5-4-6-14(10-13)29-2/h4-10H,1-3H3,(H,24,25)(H2,21,22,23,26). The lowest BCUT2D eigenvalue weighted by Crippen LogP contribution is -2.10. The first kappa shape index (κ1) is 19.1. The van der Waals surface area contributed by atoms with Gasteiger partial charge in [-0.25, -0.2) is 14.3 Å². The van der Waals surface area contributed by atoms with Gasteiger partial charge in [-0.3, -0.25) is 0 Å². The maximum absolute atomic E-state index is 11.9. The van der Waals surface area contributed by atoms with Gasteiger partial charge in [-0.1, -0.05) is 6.07 Å². The van der Waals surface area contributed by atoms with Crippen LogP contribution in [0.5, 0.6) is 5.75 Å². The Morgan fingerprint density at radius 2 is 1.90 bits per heavy atom. The van der Waals surface area contributed by atoms with Crippen molar-refractivity contribution in [1.29, 1.82) is 0 Å². The van der Waals surface area contributed by atoms with E-state index in [4.69, 9.17) is 15.2 Å². The number of hydrogen-bond donors (Lipinski definition) is 2. The number of carbonyl (C=O) groups is 1. The Bertz CT molecular complexity index is 1230. The molecular formula is C20H19N7O3. The third kappa shape index (κ3) is 3.58. The third-order valence-corrected chi connectivity index (χ3v) is 4.35. The van der Waals surface area contributed by atoms with Crippen LogP contribution in [-0.4, -0.2) is 44.7 Å². The average Bonchev–Trinajstić information content (AvgIpc) is 3.09. The molecule has 0 radical (unpaired) electrons. The molecule has 0 aliphatic rings. The molecule has 0 spiro atoms. The highest BCUT2D eigenvalue weighted by Crippen LogP contribution is 2.28. The molecule has 0 unspecified atom stereocenters. The molecule has 30 heavy (non-hydrogen) atoms. The zero-order chi connectivity index (χ0) is 21.3. The predicted molar refractivity (Wildman–Crippen MR) is 111 cm³/mol. The van der Waals surface area contributed by atoms with Crippen LogP contribution in [0.1, 0.15) is 16.2 Å². The highest BCUT2D eigenvalue weighted by Gasteiger charge is 2.18. The molecule has 2 aromatic heterocycles. The zero-order valence-electron chi connectivity index (χ0n) is 16.6. The minimum atomic E-state index is -0.450. The lowest BCUT2D eigenvalue weighted by Gasteiger charge is -2.11. The molecule has 152 valence electrons. The summed E-state index contributed by atoms with van der Waals surface area (Å²) in [6.07, 6.45) is 0. The van der Waals surface area contributed by atoms with Gasteiger partial charge in [0.1, 0.15) is 11.6 Å². The van der Waals surface area contributed by atoms with Crippen molar-refractivity contribution in [2.24, 2.45) is 0 Å². The molecule has 10 heteroatoms. The van der Waals surface area contributed by atoms with Crippen LogP contribution in [0.15, 0.2) is 42.5 Å². The Balaban J connectivity index is 1.91. The summed E-state index contributed by atoms with van der Waals surface area (Å²) in [4.78, 5) is 29.3. The molecule has 0 bridgehead atoms. The summed E-state index contributed by atoms with van der Waals surface area (Å²) in [6, 6.07) is 12.4. The van der Waals surface area contributed by atoms with E-state index in [1.165, 1.54) is 7.11 Å². The fourth-order valence-corrected chi connectivity index (χ4v) is 3.03. The van der Waals surface area contributed by atoms with Gasteiger partial charge in [0.25, 0.3) is 0 Å². The molecule has 4 rings (SSSR count). The van der Waals surface area contributed by atoms with E-state index in [0.29, 0.717) is 40.1 Å². The molecule has 10 nitrogen and oxygen atoms in total. The molecule has 2 heterocycles. The number of imidazole rings is 1. The van der Waals surface area contributed by atoms with Crippen molar-refractivity contribution in [3.63, 3.8) is 0 Å². The smallest absolute Gasteiger partial charge is 0.337 e. The summed E-state index contributed by atoms with van der Waals surface area (Å²) in [7, 11) is 2.93. The lowest BCUT2D eigenvalue weighted by atomic mass is 10.2. The van der Waals surface area contributed by atoms with Gasteiger partial charge in [-0.05, 0) is 37.3 Å². The number of rotatable bonds is 5. The molecular weight excluding hydrogens is 386 g/mol. The number of fused-ring (bicyclic) bond motifs is 1. The Kier molecular flexibility index (Phi) is 4.88. The number of anilines is 3. The lowest BCUT2D eigenvalue weighted by molar-refractivity contribution is 0.0601. The first-order valence-electron chi connectivity index (χ1n) is 8.99. The van der Waals surface area contributed by atoms with Crippen molar-refractivity contribution in [3.05, 3.63) is 53.9 Å². The Labute approximate surface area is 171 Å². The van der Waals surface area contributed by atoms with Crippen LogP contribution in [0.3, 0.4) is 0 Å². The molecule has 0 atom stereocenters. The molecule has 0 fully saturated rings. The van der Waals surface area contributed by atoms with Gasteiger partial charge < -0.3 is 20.5 Å². The number of carbonyl (C=O) groups excluding carboxylic acids is 1. The van der Waals surface area contributed by atoms with E-state index in [9.17, 15) is 4.79 Å². The molecule has 0 aliphatic carbocycles. The fraction of sp³-hybridized carbons (Fsp3) is 0.150. The summed E-state index contributed by atoms with van der Waals surface area (Å²) in [5.41, 5.74) is 8.20. The quantitative estimate of drug-likeness (QED) is 0.481. The van der Waals surface area contributed by atoms with Gasteiger partial charge in [0, 0.05) is 11.8 Å². The van der Waals surface area contributed by atoms with Crippen molar-refractivity contribution in [2.45, 2.75) is 6.92 Å². The predicted octanol–water partition coefficient (Wildman–Crippen LogP) is 2.64. The second-order valence-corrected chi connectivity index (χ2v) is 6.36. The number of nitrogens with one attached hydrogen (secondary N) is 1. The average molecular weight is 405 g/mol. The van der Waals surface area contributed by atoms with Crippen molar-refractivity contribution < 1.29 is 14.3 Å². The summed E-state index contributed by atoms with van der Waals surface area (Å²) in [6.45, 7) is 1.73. The van der Waals surface area contributed by atoms with E-state index in [0.717, 1.165) is 5.69 Å². The summed E-state index contributed by atoms with van der Waals surface area (Å²) >= 11 is 0. The minimum Gasteiger partial charge on any atom is -0.497 e. The van der Waals surface area contributed by atoms with Crippen LogP contribution in [-0.2, 0) is 4.74 Å². The van der Waals surface area contributed by atoms with Crippen LogP contribution in [0.25, 0.3) is 17.0 Å². The fourth-order valence-electron chi connectivity index (χ4n) is 3.03. The highest BCUT2D eigenvalue weighted by molar-refractivity contribution is 5.94. The number of methoxy groups -OCH3 is 2. The summed E-state index contributed by atoms with van der Waals surface area (Å²) in [5, 5.41) is 3.25. The topological polar surface area (TPSA) is 130 Å². The van der Waals surface area contributed by atoms with Crippen molar-refractivity contribution in [3.8, 4) is 11.7 Å². The number of benzene rings is 2. The molecule has 4 aromatic rings. The van der Waals surface area contributed by atoms with Crippen LogP contribution in [0.4, 0.5) is 17.6 Å². The Hall–Kier alpha value is -4.21. The van der Waals surface area contributed by atoms with Crippen molar-refractivity contribution in [1.82, 2.24) is 24.5 Å². The number of nitrogens with zero attached hydrogens (tertiary/aromatic N) is 5. The summed E-state index contributed by atoms with van der Waals surface area (Å²) < 4.78 is 11.8.